The minimum absolute atomic E-state index is 0.184. The molecule has 1 amide bonds. The van der Waals surface area contributed by atoms with Gasteiger partial charge >= 0.3 is 5.97 Å². The molecule has 0 spiro atoms. The second-order valence-corrected chi connectivity index (χ2v) is 6.48. The van der Waals surface area contributed by atoms with Gasteiger partial charge < -0.3 is 15.2 Å². The molecule has 0 fully saturated rings. The SMILES string of the molecule is COC(=O)[C@H](Cc1ccc(Br)cc1)NC(=O)[C@@H](O)CC(C)C. The van der Waals surface area contributed by atoms with Gasteiger partial charge in [-0.1, -0.05) is 41.9 Å². The quantitative estimate of drug-likeness (QED) is 0.719. The average molecular weight is 372 g/mol. The van der Waals surface area contributed by atoms with Crippen LogP contribution < -0.4 is 5.32 Å². The molecule has 1 rings (SSSR count). The Balaban J connectivity index is 2.74. The van der Waals surface area contributed by atoms with Gasteiger partial charge in [-0.25, -0.2) is 4.79 Å². The van der Waals surface area contributed by atoms with Gasteiger partial charge in [0.1, 0.15) is 12.1 Å². The molecule has 0 heterocycles. The lowest BCUT2D eigenvalue weighted by Gasteiger charge is -2.19. The van der Waals surface area contributed by atoms with Crippen LogP contribution in [-0.4, -0.2) is 36.2 Å². The maximum atomic E-state index is 12.0. The zero-order chi connectivity index (χ0) is 16.7. The number of carbonyl (C=O) groups is 2. The van der Waals surface area contributed by atoms with Crippen LogP contribution in [0.25, 0.3) is 0 Å². The minimum Gasteiger partial charge on any atom is -0.467 e. The van der Waals surface area contributed by atoms with Crippen molar-refractivity contribution in [2.75, 3.05) is 7.11 Å². The van der Waals surface area contributed by atoms with Crippen LogP contribution in [-0.2, 0) is 20.7 Å². The fraction of sp³-hybridized carbons (Fsp3) is 0.500. The van der Waals surface area contributed by atoms with E-state index >= 15 is 0 Å². The Kier molecular flexibility index (Phi) is 7.55. The van der Waals surface area contributed by atoms with Crippen molar-refractivity contribution in [2.45, 2.75) is 38.8 Å². The number of hydrogen-bond donors (Lipinski definition) is 2. The third-order valence-corrected chi connectivity index (χ3v) is 3.68. The standard InChI is InChI=1S/C16H22BrNO4/c1-10(2)8-14(19)15(20)18-13(16(21)22-3)9-11-4-6-12(17)7-5-11/h4-7,10,13-14,19H,8-9H2,1-3H3,(H,18,20)/t13-,14-/m0/s1. The summed E-state index contributed by atoms with van der Waals surface area (Å²) in [7, 11) is 1.27. The molecule has 122 valence electrons. The van der Waals surface area contributed by atoms with E-state index < -0.39 is 24.0 Å². The summed E-state index contributed by atoms with van der Waals surface area (Å²) in [5.74, 6) is -0.905. The first-order chi connectivity index (χ1) is 10.3. The van der Waals surface area contributed by atoms with Crippen LogP contribution in [0.3, 0.4) is 0 Å². The van der Waals surface area contributed by atoms with Gasteiger partial charge in [0.2, 0.25) is 5.91 Å². The fourth-order valence-corrected chi connectivity index (χ4v) is 2.28. The number of ether oxygens (including phenoxy) is 1. The molecule has 0 unspecified atom stereocenters. The van der Waals surface area contributed by atoms with Crippen molar-refractivity contribution in [1.29, 1.82) is 0 Å². The molecular weight excluding hydrogens is 350 g/mol. The lowest BCUT2D eigenvalue weighted by Crippen LogP contribution is -2.47. The van der Waals surface area contributed by atoms with Crippen LogP contribution in [0.1, 0.15) is 25.8 Å². The maximum absolute atomic E-state index is 12.0. The van der Waals surface area contributed by atoms with Gasteiger partial charge in [-0.15, -0.1) is 0 Å². The Morgan fingerprint density at radius 1 is 1.27 bits per heavy atom. The predicted octanol–water partition coefficient (Wildman–Crippen LogP) is 2.06. The topological polar surface area (TPSA) is 75.6 Å². The van der Waals surface area contributed by atoms with Crippen molar-refractivity contribution in [3.05, 3.63) is 34.3 Å². The Morgan fingerprint density at radius 2 is 1.86 bits per heavy atom. The van der Waals surface area contributed by atoms with E-state index in [4.69, 9.17) is 4.74 Å². The third kappa shape index (κ3) is 6.15. The summed E-state index contributed by atoms with van der Waals surface area (Å²) in [6, 6.07) is 6.62. The second kappa shape index (κ2) is 8.90. The highest BCUT2D eigenvalue weighted by molar-refractivity contribution is 9.10. The van der Waals surface area contributed by atoms with Crippen LogP contribution in [0, 0.1) is 5.92 Å². The zero-order valence-corrected chi connectivity index (χ0v) is 14.6. The van der Waals surface area contributed by atoms with E-state index in [1.54, 1.807) is 0 Å². The maximum Gasteiger partial charge on any atom is 0.328 e. The minimum atomic E-state index is -1.13. The number of hydrogen-bond acceptors (Lipinski definition) is 4. The van der Waals surface area contributed by atoms with Gasteiger partial charge in [0.05, 0.1) is 7.11 Å². The largest absolute Gasteiger partial charge is 0.467 e. The Hall–Kier alpha value is -1.40. The highest BCUT2D eigenvalue weighted by atomic mass is 79.9. The van der Waals surface area contributed by atoms with Gasteiger partial charge in [-0.05, 0) is 30.0 Å². The molecule has 2 atom stereocenters. The smallest absolute Gasteiger partial charge is 0.328 e. The predicted molar refractivity (Wildman–Crippen MR) is 87.3 cm³/mol. The number of methoxy groups -OCH3 is 1. The number of nitrogens with one attached hydrogen (secondary N) is 1. The highest BCUT2D eigenvalue weighted by Crippen LogP contribution is 2.13. The van der Waals surface area contributed by atoms with E-state index in [1.807, 2.05) is 38.1 Å². The molecule has 1 aromatic rings. The number of aliphatic hydroxyl groups is 1. The summed E-state index contributed by atoms with van der Waals surface area (Å²) in [6.07, 6.45) is -0.477. The molecule has 0 saturated heterocycles. The monoisotopic (exact) mass is 371 g/mol. The summed E-state index contributed by atoms with van der Waals surface area (Å²) in [5.41, 5.74) is 0.886. The molecule has 0 aromatic heterocycles. The molecule has 22 heavy (non-hydrogen) atoms. The number of esters is 1. The van der Waals surface area contributed by atoms with E-state index in [1.165, 1.54) is 7.11 Å². The first-order valence-corrected chi connectivity index (χ1v) is 7.93. The van der Waals surface area contributed by atoms with Crippen LogP contribution in [0.5, 0.6) is 0 Å². The number of aliphatic hydroxyl groups excluding tert-OH is 1. The molecule has 0 bridgehead atoms. The molecule has 0 aliphatic carbocycles. The van der Waals surface area contributed by atoms with Crippen LogP contribution in [0.4, 0.5) is 0 Å². The second-order valence-electron chi connectivity index (χ2n) is 5.56. The molecule has 5 nitrogen and oxygen atoms in total. The van der Waals surface area contributed by atoms with Crippen molar-refractivity contribution >= 4 is 27.8 Å². The number of carbonyl (C=O) groups excluding carboxylic acids is 2. The van der Waals surface area contributed by atoms with E-state index in [0.29, 0.717) is 12.8 Å². The Bertz CT molecular complexity index is 501. The summed E-state index contributed by atoms with van der Waals surface area (Å²) in [5, 5.41) is 12.4. The molecular formula is C16H22BrNO4. The summed E-state index contributed by atoms with van der Waals surface area (Å²) >= 11 is 3.34. The zero-order valence-electron chi connectivity index (χ0n) is 13.0. The van der Waals surface area contributed by atoms with Gasteiger partial charge in [0.25, 0.3) is 0 Å². The molecule has 0 radical (unpaired) electrons. The van der Waals surface area contributed by atoms with Crippen molar-refractivity contribution in [1.82, 2.24) is 5.32 Å². The van der Waals surface area contributed by atoms with Crippen LogP contribution >= 0.6 is 15.9 Å². The van der Waals surface area contributed by atoms with Crippen LogP contribution in [0.15, 0.2) is 28.7 Å². The van der Waals surface area contributed by atoms with Crippen molar-refractivity contribution in [2.24, 2.45) is 5.92 Å². The summed E-state index contributed by atoms with van der Waals surface area (Å²) in [4.78, 5) is 23.8. The number of rotatable bonds is 7. The first-order valence-electron chi connectivity index (χ1n) is 7.14. The number of halogens is 1. The Morgan fingerprint density at radius 3 is 2.36 bits per heavy atom. The summed E-state index contributed by atoms with van der Waals surface area (Å²) < 4.78 is 5.66. The first kappa shape index (κ1) is 18.6. The normalized spacial score (nSPS) is 13.5. The molecule has 0 saturated carbocycles. The van der Waals surface area contributed by atoms with E-state index in [0.717, 1.165) is 10.0 Å². The van der Waals surface area contributed by atoms with Gasteiger partial charge in [0, 0.05) is 10.9 Å². The number of amides is 1. The highest BCUT2D eigenvalue weighted by Gasteiger charge is 2.25. The van der Waals surface area contributed by atoms with Crippen molar-refractivity contribution in [3.63, 3.8) is 0 Å². The average Bonchev–Trinajstić information content (AvgIpc) is 2.47. The van der Waals surface area contributed by atoms with Gasteiger partial charge in [-0.3, -0.25) is 4.79 Å². The summed E-state index contributed by atoms with van der Waals surface area (Å²) in [6.45, 7) is 3.83. The lowest BCUT2D eigenvalue weighted by atomic mass is 10.0. The molecule has 0 aliphatic rings. The fourth-order valence-electron chi connectivity index (χ4n) is 2.01. The van der Waals surface area contributed by atoms with E-state index in [-0.39, 0.29) is 5.92 Å². The lowest BCUT2D eigenvalue weighted by molar-refractivity contribution is -0.146. The molecule has 0 aliphatic heterocycles. The van der Waals surface area contributed by atoms with Gasteiger partial charge in [-0.2, -0.15) is 0 Å². The number of benzene rings is 1. The van der Waals surface area contributed by atoms with Crippen molar-refractivity contribution < 1.29 is 19.4 Å². The van der Waals surface area contributed by atoms with Gasteiger partial charge in [0.15, 0.2) is 0 Å². The third-order valence-electron chi connectivity index (χ3n) is 3.15. The molecule has 6 heteroatoms. The van der Waals surface area contributed by atoms with Crippen LogP contribution in [0.2, 0.25) is 0 Å². The Labute approximate surface area is 139 Å². The van der Waals surface area contributed by atoms with E-state index in [2.05, 4.69) is 21.2 Å². The van der Waals surface area contributed by atoms with Crippen molar-refractivity contribution in [3.8, 4) is 0 Å². The van der Waals surface area contributed by atoms with E-state index in [9.17, 15) is 14.7 Å². The molecule has 2 N–H and O–H groups in total. The molecule has 1 aromatic carbocycles.